The Hall–Kier alpha value is -0.810. The highest BCUT2D eigenvalue weighted by Crippen LogP contribution is 2.38. The first-order valence-corrected chi connectivity index (χ1v) is 7.07. The lowest BCUT2D eigenvalue weighted by atomic mass is 9.82. The summed E-state index contributed by atoms with van der Waals surface area (Å²) >= 11 is 0. The van der Waals surface area contributed by atoms with E-state index in [1.54, 1.807) is 0 Å². The first kappa shape index (κ1) is 14.6. The van der Waals surface area contributed by atoms with Crippen LogP contribution in [0.25, 0.3) is 0 Å². The first-order valence-electron chi connectivity index (χ1n) is 7.07. The normalized spacial score (nSPS) is 30.3. The quantitative estimate of drug-likeness (QED) is 0.796. The van der Waals surface area contributed by atoms with Crippen molar-refractivity contribution in [2.75, 3.05) is 13.2 Å². The van der Waals surface area contributed by atoms with Crippen molar-refractivity contribution in [2.24, 2.45) is 5.92 Å². The number of ether oxygens (including phenoxy) is 3. The third kappa shape index (κ3) is 3.83. The van der Waals surface area contributed by atoms with E-state index in [1.165, 1.54) is 0 Å². The molecule has 0 radical (unpaired) electrons. The summed E-state index contributed by atoms with van der Waals surface area (Å²) in [6, 6.07) is 0.0432. The fraction of sp³-hybridized carbons (Fsp3) is 0.929. The number of alkyl carbamates (subject to hydrolysis) is 1. The molecule has 2 rings (SSSR count). The van der Waals surface area contributed by atoms with Gasteiger partial charge in [-0.15, -0.1) is 0 Å². The highest BCUT2D eigenvalue weighted by Gasteiger charge is 2.44. The van der Waals surface area contributed by atoms with Gasteiger partial charge in [-0.25, -0.2) is 4.79 Å². The van der Waals surface area contributed by atoms with Crippen molar-refractivity contribution in [1.29, 1.82) is 0 Å². The predicted molar refractivity (Wildman–Crippen MR) is 70.8 cm³/mol. The van der Waals surface area contributed by atoms with Gasteiger partial charge >= 0.3 is 6.09 Å². The van der Waals surface area contributed by atoms with E-state index in [0.29, 0.717) is 25.6 Å². The first-order chi connectivity index (χ1) is 8.80. The lowest BCUT2D eigenvalue weighted by molar-refractivity contribution is -0.187. The predicted octanol–water partition coefficient (Wildman–Crippen LogP) is 2.44. The Bertz CT molecular complexity index is 331. The highest BCUT2D eigenvalue weighted by molar-refractivity contribution is 5.68. The summed E-state index contributed by atoms with van der Waals surface area (Å²) in [5, 5.41) is 2.96. The summed E-state index contributed by atoms with van der Waals surface area (Å²) in [4.78, 5) is 11.9. The zero-order valence-corrected chi connectivity index (χ0v) is 12.3. The van der Waals surface area contributed by atoms with Crippen molar-refractivity contribution in [3.05, 3.63) is 0 Å². The van der Waals surface area contributed by atoms with Gasteiger partial charge in [0.2, 0.25) is 0 Å². The van der Waals surface area contributed by atoms with E-state index in [4.69, 9.17) is 14.2 Å². The second kappa shape index (κ2) is 5.29. The summed E-state index contributed by atoms with van der Waals surface area (Å²) in [6.07, 6.45) is 2.23. The summed E-state index contributed by atoms with van der Waals surface area (Å²) in [5.41, 5.74) is -0.472. The Morgan fingerprint density at radius 2 is 1.95 bits per heavy atom. The molecule has 2 aliphatic rings. The Kier molecular flexibility index (Phi) is 4.06. The molecular formula is C14H25NO4. The number of carbonyl (C=O) groups excluding carboxylic acids is 1. The monoisotopic (exact) mass is 271 g/mol. The van der Waals surface area contributed by atoms with Gasteiger partial charge in [-0.1, -0.05) is 6.92 Å². The van der Waals surface area contributed by atoms with Gasteiger partial charge in [0.15, 0.2) is 5.79 Å². The van der Waals surface area contributed by atoms with Crippen LogP contribution in [0.1, 0.15) is 47.0 Å². The van der Waals surface area contributed by atoms with E-state index in [0.717, 1.165) is 12.8 Å². The van der Waals surface area contributed by atoms with Crippen LogP contribution >= 0.6 is 0 Å². The molecule has 1 N–H and O–H groups in total. The highest BCUT2D eigenvalue weighted by atomic mass is 16.7. The van der Waals surface area contributed by atoms with Crippen LogP contribution < -0.4 is 5.32 Å². The molecule has 0 bridgehead atoms. The molecule has 1 heterocycles. The molecule has 2 fully saturated rings. The van der Waals surface area contributed by atoms with Gasteiger partial charge in [0.05, 0.1) is 13.2 Å². The van der Waals surface area contributed by atoms with Crippen LogP contribution in [0, 0.1) is 5.92 Å². The molecule has 5 heteroatoms. The fourth-order valence-corrected chi connectivity index (χ4v) is 2.70. The molecule has 2 unspecified atom stereocenters. The van der Waals surface area contributed by atoms with Gasteiger partial charge in [-0.3, -0.25) is 0 Å². The Morgan fingerprint density at radius 3 is 2.53 bits per heavy atom. The largest absolute Gasteiger partial charge is 0.444 e. The number of rotatable bonds is 1. The SMILES string of the molecule is CC1CCC2(CC1NC(=O)OC(C)(C)C)OCCO2. The van der Waals surface area contributed by atoms with Crippen LogP contribution in [0.3, 0.4) is 0 Å². The average Bonchev–Trinajstić information content (AvgIpc) is 2.70. The van der Waals surface area contributed by atoms with Crippen molar-refractivity contribution in [1.82, 2.24) is 5.32 Å². The van der Waals surface area contributed by atoms with E-state index in [9.17, 15) is 4.79 Å². The van der Waals surface area contributed by atoms with Crippen LogP contribution in [0.15, 0.2) is 0 Å². The van der Waals surface area contributed by atoms with Gasteiger partial charge in [0.1, 0.15) is 5.60 Å². The minimum atomic E-state index is -0.480. The molecule has 1 aliphatic heterocycles. The number of hydrogen-bond acceptors (Lipinski definition) is 4. The Balaban J connectivity index is 1.92. The zero-order valence-electron chi connectivity index (χ0n) is 12.3. The number of carbonyl (C=O) groups is 1. The number of amides is 1. The maximum absolute atomic E-state index is 11.9. The molecule has 19 heavy (non-hydrogen) atoms. The van der Waals surface area contributed by atoms with Gasteiger partial charge < -0.3 is 19.5 Å². The second-order valence-electron chi connectivity index (χ2n) is 6.58. The summed E-state index contributed by atoms with van der Waals surface area (Å²) in [7, 11) is 0. The molecular weight excluding hydrogens is 246 g/mol. The molecule has 2 atom stereocenters. The molecule has 0 aromatic heterocycles. The fourth-order valence-electron chi connectivity index (χ4n) is 2.70. The Labute approximate surface area is 115 Å². The molecule has 5 nitrogen and oxygen atoms in total. The zero-order chi connectivity index (χ0) is 14.1. The maximum Gasteiger partial charge on any atom is 0.407 e. The van der Waals surface area contributed by atoms with Crippen LogP contribution in [0.2, 0.25) is 0 Å². The lowest BCUT2D eigenvalue weighted by Gasteiger charge is -2.40. The van der Waals surface area contributed by atoms with Crippen molar-refractivity contribution in [2.45, 2.75) is 64.4 Å². The third-order valence-corrected chi connectivity index (χ3v) is 3.71. The van der Waals surface area contributed by atoms with Gasteiger partial charge in [0, 0.05) is 18.9 Å². The van der Waals surface area contributed by atoms with Gasteiger partial charge in [-0.05, 0) is 33.1 Å². The lowest BCUT2D eigenvalue weighted by Crippen LogP contribution is -2.51. The van der Waals surface area contributed by atoms with Crippen LogP contribution in [-0.2, 0) is 14.2 Å². The molecule has 1 spiro atoms. The van der Waals surface area contributed by atoms with E-state index in [1.807, 2.05) is 20.8 Å². The van der Waals surface area contributed by atoms with Crippen LogP contribution in [0.5, 0.6) is 0 Å². The van der Waals surface area contributed by atoms with E-state index < -0.39 is 11.4 Å². The van der Waals surface area contributed by atoms with Crippen LogP contribution in [-0.4, -0.2) is 36.7 Å². The topological polar surface area (TPSA) is 56.8 Å². The summed E-state index contributed by atoms with van der Waals surface area (Å²) in [6.45, 7) is 9.02. The third-order valence-electron chi connectivity index (χ3n) is 3.71. The summed E-state index contributed by atoms with van der Waals surface area (Å²) in [5.74, 6) is -0.0717. The van der Waals surface area contributed by atoms with Gasteiger partial charge in [-0.2, -0.15) is 0 Å². The van der Waals surface area contributed by atoms with Gasteiger partial charge in [0.25, 0.3) is 0 Å². The minimum absolute atomic E-state index is 0.0432. The Morgan fingerprint density at radius 1 is 1.32 bits per heavy atom. The van der Waals surface area contributed by atoms with E-state index in [-0.39, 0.29) is 12.1 Å². The van der Waals surface area contributed by atoms with Crippen molar-refractivity contribution in [3.8, 4) is 0 Å². The molecule has 0 aromatic carbocycles. The number of hydrogen-bond donors (Lipinski definition) is 1. The molecule has 0 aromatic rings. The molecule has 1 saturated heterocycles. The second-order valence-corrected chi connectivity index (χ2v) is 6.58. The van der Waals surface area contributed by atoms with Crippen LogP contribution in [0.4, 0.5) is 4.79 Å². The van der Waals surface area contributed by atoms with E-state index in [2.05, 4.69) is 12.2 Å². The van der Waals surface area contributed by atoms with Crippen molar-refractivity contribution in [3.63, 3.8) is 0 Å². The maximum atomic E-state index is 11.9. The standard InChI is InChI=1S/C14H25NO4/c1-10-5-6-14(17-7-8-18-14)9-11(10)15-12(16)19-13(2,3)4/h10-11H,5-9H2,1-4H3,(H,15,16). The summed E-state index contributed by atoms with van der Waals surface area (Å²) < 4.78 is 16.8. The number of nitrogens with one attached hydrogen (secondary N) is 1. The minimum Gasteiger partial charge on any atom is -0.444 e. The molecule has 1 aliphatic carbocycles. The molecule has 110 valence electrons. The molecule has 1 saturated carbocycles. The average molecular weight is 271 g/mol. The molecule has 1 amide bonds. The smallest absolute Gasteiger partial charge is 0.407 e. The van der Waals surface area contributed by atoms with E-state index >= 15 is 0 Å². The van der Waals surface area contributed by atoms with Crippen molar-refractivity contribution < 1.29 is 19.0 Å². The van der Waals surface area contributed by atoms with Crippen molar-refractivity contribution >= 4 is 6.09 Å².